The second-order valence-electron chi connectivity index (χ2n) is 4.09. The van der Waals surface area contributed by atoms with Crippen molar-refractivity contribution >= 4 is 23.2 Å². The van der Waals surface area contributed by atoms with Crippen molar-refractivity contribution < 1.29 is 4.79 Å². The first-order valence-corrected chi connectivity index (χ1v) is 6.02. The van der Waals surface area contributed by atoms with Gasteiger partial charge < -0.3 is 10.6 Å². The monoisotopic (exact) mass is 276 g/mol. The van der Waals surface area contributed by atoms with Gasteiger partial charge in [0.25, 0.3) is 5.91 Å². The zero-order valence-corrected chi connectivity index (χ0v) is 11.1. The smallest absolute Gasteiger partial charge is 0.257 e. The molecule has 0 spiro atoms. The van der Waals surface area contributed by atoms with Crippen molar-refractivity contribution in [3.8, 4) is 0 Å². The summed E-state index contributed by atoms with van der Waals surface area (Å²) in [5.41, 5.74) is 7.10. The maximum Gasteiger partial charge on any atom is 0.257 e. The normalized spacial score (nSPS) is 10.2. The fourth-order valence-corrected chi connectivity index (χ4v) is 1.81. The summed E-state index contributed by atoms with van der Waals surface area (Å²) >= 11 is 5.91. The third-order valence-electron chi connectivity index (χ3n) is 2.56. The van der Waals surface area contributed by atoms with Crippen molar-refractivity contribution in [2.24, 2.45) is 0 Å². The molecule has 2 heterocycles. The van der Waals surface area contributed by atoms with E-state index in [1.54, 1.807) is 13.2 Å². The minimum absolute atomic E-state index is 0.145. The zero-order valence-electron chi connectivity index (χ0n) is 10.4. The maximum absolute atomic E-state index is 12.2. The SMILES string of the molecule is CN(Cc1ccccn1)C(=O)c1cc(N)cnc1Cl. The van der Waals surface area contributed by atoms with E-state index in [1.807, 2.05) is 18.2 Å². The van der Waals surface area contributed by atoms with E-state index in [0.29, 0.717) is 17.8 Å². The van der Waals surface area contributed by atoms with Crippen LogP contribution < -0.4 is 5.73 Å². The first-order chi connectivity index (χ1) is 9.08. The van der Waals surface area contributed by atoms with Crippen LogP contribution in [0.15, 0.2) is 36.7 Å². The van der Waals surface area contributed by atoms with Gasteiger partial charge in [0.05, 0.1) is 29.7 Å². The van der Waals surface area contributed by atoms with Gasteiger partial charge >= 0.3 is 0 Å². The quantitative estimate of drug-likeness (QED) is 0.870. The van der Waals surface area contributed by atoms with Crippen LogP contribution in [-0.2, 0) is 6.54 Å². The molecule has 0 aliphatic rings. The van der Waals surface area contributed by atoms with E-state index in [0.717, 1.165) is 5.69 Å². The highest BCUT2D eigenvalue weighted by Crippen LogP contribution is 2.17. The Kier molecular flexibility index (Phi) is 3.97. The fraction of sp³-hybridized carbons (Fsp3) is 0.154. The van der Waals surface area contributed by atoms with Crippen LogP contribution in [0.25, 0.3) is 0 Å². The van der Waals surface area contributed by atoms with Gasteiger partial charge in [-0.05, 0) is 18.2 Å². The summed E-state index contributed by atoms with van der Waals surface area (Å²) < 4.78 is 0. The van der Waals surface area contributed by atoms with Crippen LogP contribution in [-0.4, -0.2) is 27.8 Å². The van der Waals surface area contributed by atoms with Crippen molar-refractivity contribution in [1.82, 2.24) is 14.9 Å². The molecule has 0 aliphatic carbocycles. The van der Waals surface area contributed by atoms with Crippen molar-refractivity contribution in [3.05, 3.63) is 53.1 Å². The fourth-order valence-electron chi connectivity index (χ4n) is 1.63. The molecule has 0 radical (unpaired) electrons. The molecule has 98 valence electrons. The maximum atomic E-state index is 12.2. The molecule has 2 N–H and O–H groups in total. The van der Waals surface area contributed by atoms with Crippen molar-refractivity contribution in [2.45, 2.75) is 6.54 Å². The summed E-state index contributed by atoms with van der Waals surface area (Å²) in [4.78, 5) is 21.8. The van der Waals surface area contributed by atoms with E-state index in [4.69, 9.17) is 17.3 Å². The number of hydrogen-bond acceptors (Lipinski definition) is 4. The average molecular weight is 277 g/mol. The lowest BCUT2D eigenvalue weighted by Crippen LogP contribution is -2.27. The Morgan fingerprint density at radius 3 is 2.89 bits per heavy atom. The Balaban J connectivity index is 2.17. The topological polar surface area (TPSA) is 72.1 Å². The number of hydrogen-bond donors (Lipinski definition) is 1. The number of nitrogens with two attached hydrogens (primary N) is 1. The summed E-state index contributed by atoms with van der Waals surface area (Å²) in [6.45, 7) is 0.394. The Labute approximate surface area is 116 Å². The number of anilines is 1. The molecule has 0 atom stereocenters. The van der Waals surface area contributed by atoms with Crippen LogP contribution in [0.2, 0.25) is 5.15 Å². The predicted molar refractivity (Wildman–Crippen MR) is 73.7 cm³/mol. The molecule has 6 heteroatoms. The van der Waals surface area contributed by atoms with Crippen LogP contribution in [0.3, 0.4) is 0 Å². The van der Waals surface area contributed by atoms with Crippen molar-refractivity contribution in [2.75, 3.05) is 12.8 Å². The Bertz CT molecular complexity index is 588. The van der Waals surface area contributed by atoms with Crippen LogP contribution in [0.4, 0.5) is 5.69 Å². The van der Waals surface area contributed by atoms with Crippen molar-refractivity contribution in [1.29, 1.82) is 0 Å². The molecular formula is C13H13ClN4O. The second kappa shape index (κ2) is 5.67. The van der Waals surface area contributed by atoms with Gasteiger partial charge in [-0.2, -0.15) is 0 Å². The van der Waals surface area contributed by atoms with Gasteiger partial charge in [0.2, 0.25) is 0 Å². The summed E-state index contributed by atoms with van der Waals surface area (Å²) in [7, 11) is 1.68. The number of aromatic nitrogens is 2. The summed E-state index contributed by atoms with van der Waals surface area (Å²) in [5, 5.41) is 0.145. The molecule has 0 aliphatic heterocycles. The highest BCUT2D eigenvalue weighted by atomic mass is 35.5. The first-order valence-electron chi connectivity index (χ1n) is 5.64. The molecule has 0 saturated heterocycles. The van der Waals surface area contributed by atoms with E-state index >= 15 is 0 Å². The highest BCUT2D eigenvalue weighted by molar-refractivity contribution is 6.32. The number of carbonyl (C=O) groups is 1. The molecule has 5 nitrogen and oxygen atoms in total. The summed E-state index contributed by atoms with van der Waals surface area (Å²) in [5.74, 6) is -0.240. The lowest BCUT2D eigenvalue weighted by atomic mass is 10.2. The summed E-state index contributed by atoms with van der Waals surface area (Å²) in [6, 6.07) is 7.06. The van der Waals surface area contributed by atoms with Gasteiger partial charge in [0.1, 0.15) is 5.15 Å². The zero-order chi connectivity index (χ0) is 13.8. The summed E-state index contributed by atoms with van der Waals surface area (Å²) in [6.07, 6.45) is 3.10. The highest BCUT2D eigenvalue weighted by Gasteiger charge is 2.16. The standard InChI is InChI=1S/C13H13ClN4O/c1-18(8-10-4-2-3-5-16-10)13(19)11-6-9(15)7-17-12(11)14/h2-7H,8,15H2,1H3. The van der Waals surface area contributed by atoms with Gasteiger partial charge in [-0.15, -0.1) is 0 Å². The molecule has 0 fully saturated rings. The van der Waals surface area contributed by atoms with Crippen LogP contribution >= 0.6 is 11.6 Å². The second-order valence-corrected chi connectivity index (χ2v) is 4.45. The Morgan fingerprint density at radius 2 is 2.21 bits per heavy atom. The van der Waals surface area contributed by atoms with Gasteiger partial charge in [-0.25, -0.2) is 4.98 Å². The van der Waals surface area contributed by atoms with Crippen LogP contribution in [0.5, 0.6) is 0 Å². The number of nitrogens with zero attached hydrogens (tertiary/aromatic N) is 3. The molecule has 0 unspecified atom stereocenters. The molecular weight excluding hydrogens is 264 g/mol. The van der Waals surface area contributed by atoms with Crippen LogP contribution in [0, 0.1) is 0 Å². The number of nitrogen functional groups attached to an aromatic ring is 1. The Morgan fingerprint density at radius 1 is 1.42 bits per heavy atom. The lowest BCUT2D eigenvalue weighted by Gasteiger charge is -2.17. The largest absolute Gasteiger partial charge is 0.397 e. The van der Waals surface area contributed by atoms with Crippen molar-refractivity contribution in [3.63, 3.8) is 0 Å². The van der Waals surface area contributed by atoms with E-state index < -0.39 is 0 Å². The molecule has 0 aromatic carbocycles. The van der Waals surface area contributed by atoms with Crippen LogP contribution in [0.1, 0.15) is 16.1 Å². The van der Waals surface area contributed by atoms with Gasteiger partial charge in [-0.3, -0.25) is 9.78 Å². The molecule has 2 aromatic heterocycles. The van der Waals surface area contributed by atoms with E-state index in [-0.39, 0.29) is 11.1 Å². The van der Waals surface area contributed by atoms with E-state index in [1.165, 1.54) is 17.2 Å². The van der Waals surface area contributed by atoms with E-state index in [2.05, 4.69) is 9.97 Å². The molecule has 2 rings (SSSR count). The molecule has 0 bridgehead atoms. The van der Waals surface area contributed by atoms with E-state index in [9.17, 15) is 4.79 Å². The molecule has 0 saturated carbocycles. The third kappa shape index (κ3) is 3.20. The minimum atomic E-state index is -0.240. The lowest BCUT2D eigenvalue weighted by molar-refractivity contribution is 0.0783. The minimum Gasteiger partial charge on any atom is -0.397 e. The van der Waals surface area contributed by atoms with Gasteiger partial charge in [-0.1, -0.05) is 17.7 Å². The third-order valence-corrected chi connectivity index (χ3v) is 2.86. The number of halogens is 1. The number of amides is 1. The number of rotatable bonds is 3. The van der Waals surface area contributed by atoms with Gasteiger partial charge in [0, 0.05) is 13.2 Å². The number of carbonyl (C=O) groups excluding carboxylic acids is 1. The average Bonchev–Trinajstić information content (AvgIpc) is 2.42. The molecule has 19 heavy (non-hydrogen) atoms. The first kappa shape index (κ1) is 13.3. The molecule has 1 amide bonds. The number of pyridine rings is 2. The van der Waals surface area contributed by atoms with Gasteiger partial charge in [0.15, 0.2) is 0 Å². The predicted octanol–water partition coefficient (Wildman–Crippen LogP) is 1.98. The Hall–Kier alpha value is -2.14. The molecule has 2 aromatic rings.